The van der Waals surface area contributed by atoms with Gasteiger partial charge < -0.3 is 10.4 Å². The molecule has 0 aliphatic rings. The summed E-state index contributed by atoms with van der Waals surface area (Å²) in [4.78, 5) is 11.5. The van der Waals surface area contributed by atoms with Crippen LogP contribution in [0.1, 0.15) is 25.8 Å². The van der Waals surface area contributed by atoms with Gasteiger partial charge in [-0.3, -0.25) is 4.79 Å². The smallest absolute Gasteiger partial charge is 0.376 e. The molecule has 0 bridgehead atoms. The van der Waals surface area contributed by atoms with Gasteiger partial charge in [0.1, 0.15) is 0 Å². The topological polar surface area (TPSA) is 49.3 Å². The van der Waals surface area contributed by atoms with E-state index in [1.807, 2.05) is 0 Å². The van der Waals surface area contributed by atoms with Gasteiger partial charge in [-0.2, -0.15) is 13.2 Å². The van der Waals surface area contributed by atoms with Gasteiger partial charge in [0, 0.05) is 6.04 Å². The molecule has 6 heteroatoms. The Bertz CT molecular complexity index is 431. The highest BCUT2D eigenvalue weighted by Gasteiger charge is 2.55. The number of alkyl halides is 3. The highest BCUT2D eigenvalue weighted by Crippen LogP contribution is 2.41. The maximum Gasteiger partial charge on any atom is 0.421 e. The molecule has 106 valence electrons. The summed E-state index contributed by atoms with van der Waals surface area (Å²) in [5.41, 5.74) is -3.52. The minimum atomic E-state index is -4.93. The van der Waals surface area contributed by atoms with E-state index >= 15 is 0 Å². The van der Waals surface area contributed by atoms with E-state index in [1.54, 1.807) is 13.8 Å². The predicted octanol–water partition coefficient (Wildman–Crippen LogP) is 2.35. The van der Waals surface area contributed by atoms with Gasteiger partial charge in [0.25, 0.3) is 0 Å². The van der Waals surface area contributed by atoms with Crippen LogP contribution in [0.5, 0.6) is 0 Å². The zero-order valence-corrected chi connectivity index (χ0v) is 10.7. The first-order valence-corrected chi connectivity index (χ1v) is 5.81. The van der Waals surface area contributed by atoms with E-state index in [9.17, 15) is 23.1 Å². The first-order valence-electron chi connectivity index (χ1n) is 5.81. The molecular weight excluding hydrogens is 259 g/mol. The zero-order chi connectivity index (χ0) is 14.7. The number of carbonyl (C=O) groups is 1. The van der Waals surface area contributed by atoms with Gasteiger partial charge >= 0.3 is 6.18 Å². The second-order valence-electron chi connectivity index (χ2n) is 4.62. The summed E-state index contributed by atoms with van der Waals surface area (Å²) in [5.74, 6) is -0.848. The number of nitrogens with one attached hydrogen (secondary N) is 1. The molecule has 0 aliphatic heterocycles. The maximum atomic E-state index is 13.1. The number of halogens is 3. The lowest BCUT2D eigenvalue weighted by molar-refractivity contribution is -0.267. The van der Waals surface area contributed by atoms with Crippen molar-refractivity contribution in [2.45, 2.75) is 38.1 Å². The third-order valence-corrected chi connectivity index (χ3v) is 2.59. The van der Waals surface area contributed by atoms with Gasteiger partial charge in [-0.1, -0.05) is 30.3 Å². The number of rotatable bonds is 4. The Kier molecular flexibility index (Phi) is 4.57. The molecule has 0 saturated carbocycles. The van der Waals surface area contributed by atoms with Crippen molar-refractivity contribution in [1.82, 2.24) is 5.32 Å². The SMILES string of the molecule is CC(C)NC(=O)CC(O)(c1ccccc1)C(F)(F)F. The molecule has 1 atom stereocenters. The molecule has 1 aromatic rings. The molecule has 19 heavy (non-hydrogen) atoms. The summed E-state index contributed by atoms with van der Waals surface area (Å²) < 4.78 is 39.2. The van der Waals surface area contributed by atoms with Crippen molar-refractivity contribution in [3.05, 3.63) is 35.9 Å². The summed E-state index contributed by atoms with van der Waals surface area (Å²) in [6.45, 7) is 3.26. The lowest BCUT2D eigenvalue weighted by atomic mass is 9.89. The zero-order valence-electron chi connectivity index (χ0n) is 10.7. The van der Waals surface area contributed by atoms with Crippen molar-refractivity contribution in [1.29, 1.82) is 0 Å². The van der Waals surface area contributed by atoms with Crippen LogP contribution in [0.2, 0.25) is 0 Å². The average Bonchev–Trinajstić information content (AvgIpc) is 2.27. The fourth-order valence-electron chi connectivity index (χ4n) is 1.69. The minimum absolute atomic E-state index is 0.291. The van der Waals surface area contributed by atoms with E-state index in [-0.39, 0.29) is 11.6 Å². The van der Waals surface area contributed by atoms with E-state index in [0.29, 0.717) is 0 Å². The number of benzene rings is 1. The fraction of sp³-hybridized carbons (Fsp3) is 0.462. The average molecular weight is 275 g/mol. The van der Waals surface area contributed by atoms with Crippen molar-refractivity contribution in [2.24, 2.45) is 0 Å². The number of carbonyl (C=O) groups excluding carboxylic acids is 1. The normalized spacial score (nSPS) is 15.1. The Hall–Kier alpha value is -1.56. The third kappa shape index (κ3) is 3.70. The lowest BCUT2D eigenvalue weighted by Gasteiger charge is -2.30. The van der Waals surface area contributed by atoms with Crippen LogP contribution < -0.4 is 5.32 Å². The van der Waals surface area contributed by atoms with Crippen LogP contribution in [-0.2, 0) is 10.4 Å². The van der Waals surface area contributed by atoms with Gasteiger partial charge in [-0.05, 0) is 19.4 Å². The molecular formula is C13H16F3NO2. The lowest BCUT2D eigenvalue weighted by Crippen LogP contribution is -2.47. The molecule has 0 spiro atoms. The first kappa shape index (κ1) is 15.5. The van der Waals surface area contributed by atoms with Gasteiger partial charge in [-0.25, -0.2) is 0 Å². The molecule has 0 aliphatic carbocycles. The monoisotopic (exact) mass is 275 g/mol. The standard InChI is InChI=1S/C13H16F3NO2/c1-9(2)17-11(18)8-12(19,13(14,15)16)10-6-4-3-5-7-10/h3-7,9,19H,8H2,1-2H3,(H,17,18). The minimum Gasteiger partial charge on any atom is -0.376 e. The van der Waals surface area contributed by atoms with E-state index in [0.717, 1.165) is 12.1 Å². The van der Waals surface area contributed by atoms with E-state index in [4.69, 9.17) is 0 Å². The van der Waals surface area contributed by atoms with Crippen molar-refractivity contribution in [2.75, 3.05) is 0 Å². The molecule has 0 aromatic heterocycles. The van der Waals surface area contributed by atoms with Gasteiger partial charge in [-0.15, -0.1) is 0 Å². The molecule has 1 rings (SSSR count). The largest absolute Gasteiger partial charge is 0.421 e. The van der Waals surface area contributed by atoms with Crippen LogP contribution in [0.25, 0.3) is 0 Å². The van der Waals surface area contributed by atoms with Crippen molar-refractivity contribution < 1.29 is 23.1 Å². The summed E-state index contributed by atoms with van der Waals surface area (Å²) in [5, 5.41) is 12.3. The van der Waals surface area contributed by atoms with Gasteiger partial charge in [0.15, 0.2) is 5.60 Å². The summed E-state index contributed by atoms with van der Waals surface area (Å²) in [6.07, 6.45) is -5.98. The Labute approximate surface area is 109 Å². The highest BCUT2D eigenvalue weighted by atomic mass is 19.4. The Morgan fingerprint density at radius 1 is 1.26 bits per heavy atom. The second kappa shape index (κ2) is 5.61. The summed E-state index contributed by atoms with van der Waals surface area (Å²) >= 11 is 0. The fourth-order valence-corrected chi connectivity index (χ4v) is 1.69. The molecule has 0 fully saturated rings. The Morgan fingerprint density at radius 3 is 2.21 bits per heavy atom. The molecule has 1 unspecified atom stereocenters. The van der Waals surface area contributed by atoms with Crippen LogP contribution in [0.4, 0.5) is 13.2 Å². The highest BCUT2D eigenvalue weighted by molar-refractivity contribution is 5.77. The van der Waals surface area contributed by atoms with E-state index in [1.165, 1.54) is 18.2 Å². The van der Waals surface area contributed by atoms with Crippen LogP contribution in [0.3, 0.4) is 0 Å². The van der Waals surface area contributed by atoms with Crippen molar-refractivity contribution >= 4 is 5.91 Å². The predicted molar refractivity (Wildman–Crippen MR) is 64.3 cm³/mol. The quantitative estimate of drug-likeness (QED) is 0.886. The molecule has 3 nitrogen and oxygen atoms in total. The first-order chi connectivity index (χ1) is 8.67. The molecule has 0 radical (unpaired) electrons. The van der Waals surface area contributed by atoms with Gasteiger partial charge in [0.05, 0.1) is 6.42 Å². The number of amides is 1. The van der Waals surface area contributed by atoms with Crippen LogP contribution >= 0.6 is 0 Å². The number of hydrogen-bond acceptors (Lipinski definition) is 2. The summed E-state index contributed by atoms with van der Waals surface area (Å²) in [6, 6.07) is 6.31. The van der Waals surface area contributed by atoms with Gasteiger partial charge in [0.2, 0.25) is 5.91 Å². The van der Waals surface area contributed by atoms with E-state index < -0.39 is 24.1 Å². The number of aliphatic hydroxyl groups is 1. The Morgan fingerprint density at radius 2 is 1.79 bits per heavy atom. The maximum absolute atomic E-state index is 13.1. The molecule has 1 amide bonds. The van der Waals surface area contributed by atoms with Crippen molar-refractivity contribution in [3.8, 4) is 0 Å². The van der Waals surface area contributed by atoms with E-state index in [2.05, 4.69) is 5.32 Å². The third-order valence-electron chi connectivity index (χ3n) is 2.59. The van der Waals surface area contributed by atoms with Crippen LogP contribution in [0, 0.1) is 0 Å². The van der Waals surface area contributed by atoms with Crippen molar-refractivity contribution in [3.63, 3.8) is 0 Å². The Balaban J connectivity index is 3.06. The number of hydrogen-bond donors (Lipinski definition) is 2. The van der Waals surface area contributed by atoms with Crippen LogP contribution in [0.15, 0.2) is 30.3 Å². The second-order valence-corrected chi connectivity index (χ2v) is 4.62. The van der Waals surface area contributed by atoms with Crippen LogP contribution in [-0.4, -0.2) is 23.2 Å². The molecule has 1 aromatic carbocycles. The molecule has 0 saturated heterocycles. The molecule has 2 N–H and O–H groups in total. The molecule has 0 heterocycles. The summed E-state index contributed by atoms with van der Waals surface area (Å²) in [7, 11) is 0.